The molecule has 0 unspecified atom stereocenters. The number of ether oxygens (including phenoxy) is 1. The maximum absolute atomic E-state index is 12.3. The molecule has 3 rings (SSSR count). The number of benzene rings is 1. The molecule has 2 aromatic rings. The number of fused-ring (bicyclic) bond motifs is 1. The van der Waals surface area contributed by atoms with E-state index in [1.54, 1.807) is 18.2 Å². The van der Waals surface area contributed by atoms with Gasteiger partial charge in [0.25, 0.3) is 5.91 Å². The minimum atomic E-state index is -0.259. The van der Waals surface area contributed by atoms with E-state index in [2.05, 4.69) is 15.9 Å². The number of rotatable bonds is 3. The molecule has 0 bridgehead atoms. The lowest BCUT2D eigenvalue weighted by atomic mass is 10.2. The number of halogens is 2. The van der Waals surface area contributed by atoms with Gasteiger partial charge in [-0.15, -0.1) is 11.3 Å². The minimum Gasteiger partial charge on any atom is -0.482 e. The molecule has 0 saturated carbocycles. The van der Waals surface area contributed by atoms with E-state index in [1.165, 1.54) is 16.2 Å². The Morgan fingerprint density at radius 2 is 2.24 bits per heavy atom. The molecule has 0 radical (unpaired) electrons. The fourth-order valence-electron chi connectivity index (χ4n) is 2.06. The smallest absolute Gasteiger partial charge is 0.265 e. The average molecular weight is 387 g/mol. The molecule has 1 aliphatic rings. The number of thiophene rings is 1. The molecular formula is C14H9BrClNO3S. The number of hydrogen-bond donors (Lipinski definition) is 0. The largest absolute Gasteiger partial charge is 0.482 e. The van der Waals surface area contributed by atoms with E-state index in [1.807, 2.05) is 11.4 Å². The van der Waals surface area contributed by atoms with Crippen LogP contribution in [0.3, 0.4) is 0 Å². The van der Waals surface area contributed by atoms with Crippen molar-refractivity contribution in [1.82, 2.24) is 0 Å². The highest BCUT2D eigenvalue weighted by Gasteiger charge is 2.28. The second kappa shape index (κ2) is 5.79. The zero-order chi connectivity index (χ0) is 15.0. The molecule has 7 heteroatoms. The van der Waals surface area contributed by atoms with E-state index < -0.39 is 0 Å². The summed E-state index contributed by atoms with van der Waals surface area (Å²) in [4.78, 5) is 26.4. The molecule has 1 aromatic carbocycles. The van der Waals surface area contributed by atoms with Crippen molar-refractivity contribution in [2.24, 2.45) is 0 Å². The van der Waals surface area contributed by atoms with Gasteiger partial charge >= 0.3 is 0 Å². The topological polar surface area (TPSA) is 46.6 Å². The van der Waals surface area contributed by atoms with Gasteiger partial charge in [-0.1, -0.05) is 11.6 Å². The summed E-state index contributed by atoms with van der Waals surface area (Å²) in [5.74, 6) is 0.167. The monoisotopic (exact) mass is 385 g/mol. The summed E-state index contributed by atoms with van der Waals surface area (Å²) in [7, 11) is 0. The number of carbonyl (C=O) groups is 2. The highest BCUT2D eigenvalue weighted by Crippen LogP contribution is 2.35. The Bertz CT molecular complexity index is 731. The van der Waals surface area contributed by atoms with Crippen molar-refractivity contribution in [2.45, 2.75) is 0 Å². The van der Waals surface area contributed by atoms with Gasteiger partial charge in [-0.25, -0.2) is 0 Å². The summed E-state index contributed by atoms with van der Waals surface area (Å²) in [6, 6.07) is 6.82. The van der Waals surface area contributed by atoms with E-state index >= 15 is 0 Å². The van der Waals surface area contributed by atoms with Crippen LogP contribution in [-0.4, -0.2) is 24.8 Å². The standard InChI is InChI=1S/C14H9BrClNO3S/c15-9-3-4-21-14(9)11(18)6-17-10-5-8(16)1-2-12(10)20-7-13(17)19/h1-5H,6-7H2. The lowest BCUT2D eigenvalue weighted by molar-refractivity contribution is -0.121. The number of amides is 1. The number of nitrogens with zero attached hydrogens (tertiary/aromatic N) is 1. The van der Waals surface area contributed by atoms with Gasteiger partial charge in [0.2, 0.25) is 0 Å². The van der Waals surface area contributed by atoms with Crippen LogP contribution in [-0.2, 0) is 4.79 Å². The lowest BCUT2D eigenvalue weighted by Gasteiger charge is -2.28. The molecule has 0 aliphatic carbocycles. The van der Waals surface area contributed by atoms with Gasteiger partial charge in [-0.3, -0.25) is 14.5 Å². The SMILES string of the molecule is O=C(CN1C(=O)COc2ccc(Cl)cc21)c1sccc1Br. The van der Waals surface area contributed by atoms with Crippen LogP contribution in [0.15, 0.2) is 34.1 Å². The van der Waals surface area contributed by atoms with Crippen LogP contribution < -0.4 is 9.64 Å². The van der Waals surface area contributed by atoms with E-state index in [0.29, 0.717) is 21.3 Å². The van der Waals surface area contributed by atoms with Crippen LogP contribution in [0.2, 0.25) is 5.02 Å². The molecule has 0 atom stereocenters. The molecule has 1 amide bonds. The summed E-state index contributed by atoms with van der Waals surface area (Å²) < 4.78 is 6.09. The van der Waals surface area contributed by atoms with Gasteiger partial charge in [-0.2, -0.15) is 0 Å². The zero-order valence-corrected chi connectivity index (χ0v) is 13.8. The first-order valence-electron chi connectivity index (χ1n) is 6.05. The predicted octanol–water partition coefficient (Wildman–Crippen LogP) is 3.77. The summed E-state index contributed by atoms with van der Waals surface area (Å²) >= 11 is 10.6. The molecular weight excluding hydrogens is 378 g/mol. The summed E-state index contributed by atoms with van der Waals surface area (Å²) in [5, 5.41) is 2.31. The summed E-state index contributed by atoms with van der Waals surface area (Å²) in [5.41, 5.74) is 0.528. The Labute approximate surface area is 138 Å². The van der Waals surface area contributed by atoms with E-state index in [9.17, 15) is 9.59 Å². The highest BCUT2D eigenvalue weighted by atomic mass is 79.9. The molecule has 2 heterocycles. The van der Waals surface area contributed by atoms with Gasteiger partial charge in [0.15, 0.2) is 12.4 Å². The van der Waals surface area contributed by atoms with Gasteiger partial charge in [0, 0.05) is 9.50 Å². The molecule has 1 aromatic heterocycles. The van der Waals surface area contributed by atoms with Crippen LogP contribution in [0, 0.1) is 0 Å². The van der Waals surface area contributed by atoms with Crippen molar-refractivity contribution in [3.05, 3.63) is 44.0 Å². The van der Waals surface area contributed by atoms with Gasteiger partial charge in [0.1, 0.15) is 5.75 Å². The van der Waals surface area contributed by atoms with Crippen molar-refractivity contribution in [1.29, 1.82) is 0 Å². The van der Waals surface area contributed by atoms with Crippen LogP contribution in [0.5, 0.6) is 5.75 Å². The normalized spacial score (nSPS) is 13.8. The number of Topliss-reactive ketones (excluding diaryl/α,β-unsaturated/α-hetero) is 1. The Morgan fingerprint density at radius 1 is 1.43 bits per heavy atom. The first kappa shape index (κ1) is 14.6. The third kappa shape index (κ3) is 2.84. The number of anilines is 1. The Hall–Kier alpha value is -1.37. The minimum absolute atomic E-state index is 0.0331. The van der Waals surface area contributed by atoms with E-state index in [0.717, 1.165) is 4.47 Å². The van der Waals surface area contributed by atoms with Crippen LogP contribution in [0.25, 0.3) is 0 Å². The quantitative estimate of drug-likeness (QED) is 0.754. The molecule has 21 heavy (non-hydrogen) atoms. The van der Waals surface area contributed by atoms with Crippen LogP contribution >= 0.6 is 38.9 Å². The maximum Gasteiger partial charge on any atom is 0.265 e. The first-order valence-corrected chi connectivity index (χ1v) is 8.10. The summed E-state index contributed by atoms with van der Waals surface area (Å²) in [6.07, 6.45) is 0. The highest BCUT2D eigenvalue weighted by molar-refractivity contribution is 9.10. The number of ketones is 1. The number of carbonyl (C=O) groups excluding carboxylic acids is 2. The van der Waals surface area contributed by atoms with Crippen molar-refractivity contribution in [2.75, 3.05) is 18.1 Å². The van der Waals surface area contributed by atoms with E-state index in [-0.39, 0.29) is 24.8 Å². The second-order valence-corrected chi connectivity index (χ2v) is 6.61. The van der Waals surface area contributed by atoms with Crippen molar-refractivity contribution >= 4 is 56.2 Å². The molecule has 0 N–H and O–H groups in total. The second-order valence-electron chi connectivity index (χ2n) is 4.40. The molecule has 108 valence electrons. The maximum atomic E-state index is 12.3. The van der Waals surface area contributed by atoms with Crippen molar-refractivity contribution in [3.63, 3.8) is 0 Å². The Balaban J connectivity index is 1.92. The van der Waals surface area contributed by atoms with Crippen LogP contribution in [0.1, 0.15) is 9.67 Å². The van der Waals surface area contributed by atoms with Crippen molar-refractivity contribution < 1.29 is 14.3 Å². The third-order valence-corrected chi connectivity index (χ3v) is 5.15. The predicted molar refractivity (Wildman–Crippen MR) is 85.6 cm³/mol. The van der Waals surface area contributed by atoms with Gasteiger partial charge < -0.3 is 4.74 Å². The molecule has 0 saturated heterocycles. The average Bonchev–Trinajstić information content (AvgIpc) is 2.88. The summed E-state index contributed by atoms with van der Waals surface area (Å²) in [6.45, 7) is -0.109. The molecule has 1 aliphatic heterocycles. The van der Waals surface area contributed by atoms with Crippen molar-refractivity contribution in [3.8, 4) is 5.75 Å². The fraction of sp³-hybridized carbons (Fsp3) is 0.143. The zero-order valence-electron chi connectivity index (χ0n) is 10.6. The Morgan fingerprint density at radius 3 is 2.95 bits per heavy atom. The molecule has 0 fully saturated rings. The molecule has 0 spiro atoms. The van der Waals surface area contributed by atoms with Gasteiger partial charge in [-0.05, 0) is 45.6 Å². The third-order valence-electron chi connectivity index (χ3n) is 3.04. The Kier molecular flexibility index (Phi) is 4.01. The number of hydrogen-bond acceptors (Lipinski definition) is 4. The molecule has 4 nitrogen and oxygen atoms in total. The van der Waals surface area contributed by atoms with Crippen LogP contribution in [0.4, 0.5) is 5.69 Å². The lowest BCUT2D eigenvalue weighted by Crippen LogP contribution is -2.41. The first-order chi connectivity index (χ1) is 10.1. The fourth-order valence-corrected chi connectivity index (χ4v) is 3.75. The van der Waals surface area contributed by atoms with Gasteiger partial charge in [0.05, 0.1) is 17.1 Å². The van der Waals surface area contributed by atoms with E-state index in [4.69, 9.17) is 16.3 Å².